The molecule has 1 aromatic heterocycles. The number of hydrogen-bond acceptors (Lipinski definition) is 4. The van der Waals surface area contributed by atoms with Gasteiger partial charge in [0.2, 0.25) is 0 Å². The van der Waals surface area contributed by atoms with Crippen LogP contribution in [-0.4, -0.2) is 24.7 Å². The molecule has 1 aromatic rings. The average Bonchev–Trinajstić information content (AvgIpc) is 2.52. The lowest BCUT2D eigenvalue weighted by Gasteiger charge is -2.08. The van der Waals surface area contributed by atoms with E-state index in [9.17, 15) is 5.11 Å². The summed E-state index contributed by atoms with van der Waals surface area (Å²) in [4.78, 5) is 1.02. The smallest absolute Gasteiger partial charge is 0.101 e. The number of thiophene rings is 1. The minimum Gasteiger partial charge on any atom is -0.386 e. The van der Waals surface area contributed by atoms with Crippen molar-refractivity contribution in [1.29, 1.82) is 0 Å². The van der Waals surface area contributed by atoms with Crippen molar-refractivity contribution >= 4 is 11.3 Å². The van der Waals surface area contributed by atoms with Gasteiger partial charge in [0.15, 0.2) is 0 Å². The first-order chi connectivity index (χ1) is 6.24. The summed E-state index contributed by atoms with van der Waals surface area (Å²) in [5.74, 6) is 0. The van der Waals surface area contributed by atoms with Gasteiger partial charge >= 0.3 is 0 Å². The van der Waals surface area contributed by atoms with E-state index in [1.807, 2.05) is 18.4 Å². The maximum atomic E-state index is 9.67. The lowest BCUT2D eigenvalue weighted by atomic mass is 10.2. The Kier molecular flexibility index (Phi) is 4.38. The number of aliphatic hydroxyl groups excluding tert-OH is 1. The zero-order valence-corrected chi connectivity index (χ0v) is 8.60. The Morgan fingerprint density at radius 3 is 3.00 bits per heavy atom. The quantitative estimate of drug-likeness (QED) is 0.611. The van der Waals surface area contributed by atoms with Crippen LogP contribution in [0.1, 0.15) is 16.5 Å². The Morgan fingerprint density at radius 1 is 1.69 bits per heavy atom. The number of aliphatic hydroxyl groups is 1. The van der Waals surface area contributed by atoms with Gasteiger partial charge in [0.25, 0.3) is 0 Å². The van der Waals surface area contributed by atoms with Crippen molar-refractivity contribution in [2.24, 2.45) is 5.73 Å². The topological polar surface area (TPSA) is 58.3 Å². The van der Waals surface area contributed by atoms with Crippen LogP contribution >= 0.6 is 11.3 Å². The standard InChI is InChI=1S/C9H16N2OS/c1-7-4-9(13-6-7)8(12)5-11-3-2-10/h4,6,8,11-12H,2-3,5,10H2,1H3. The molecule has 0 radical (unpaired) electrons. The van der Waals surface area contributed by atoms with Crippen molar-refractivity contribution in [3.63, 3.8) is 0 Å². The minimum absolute atomic E-state index is 0.398. The van der Waals surface area contributed by atoms with E-state index in [1.165, 1.54) is 5.56 Å². The molecule has 74 valence electrons. The predicted molar refractivity (Wildman–Crippen MR) is 55.9 cm³/mol. The molecule has 0 saturated carbocycles. The third-order valence-electron chi connectivity index (χ3n) is 1.74. The van der Waals surface area contributed by atoms with E-state index < -0.39 is 6.10 Å². The molecule has 0 amide bonds. The highest BCUT2D eigenvalue weighted by Gasteiger charge is 2.08. The van der Waals surface area contributed by atoms with Gasteiger partial charge in [0, 0.05) is 24.5 Å². The Labute approximate surface area is 82.6 Å². The summed E-state index contributed by atoms with van der Waals surface area (Å²) in [7, 11) is 0. The number of hydrogen-bond donors (Lipinski definition) is 3. The molecule has 1 heterocycles. The molecule has 13 heavy (non-hydrogen) atoms. The van der Waals surface area contributed by atoms with E-state index in [-0.39, 0.29) is 0 Å². The van der Waals surface area contributed by atoms with Gasteiger partial charge in [-0.25, -0.2) is 0 Å². The van der Waals surface area contributed by atoms with Gasteiger partial charge in [-0.3, -0.25) is 0 Å². The molecule has 4 heteroatoms. The van der Waals surface area contributed by atoms with Crippen LogP contribution in [0.5, 0.6) is 0 Å². The van der Waals surface area contributed by atoms with Gasteiger partial charge in [0.1, 0.15) is 6.10 Å². The molecule has 0 saturated heterocycles. The summed E-state index contributed by atoms with van der Waals surface area (Å²) in [6, 6.07) is 2.01. The average molecular weight is 200 g/mol. The van der Waals surface area contributed by atoms with E-state index in [1.54, 1.807) is 11.3 Å². The normalized spacial score (nSPS) is 13.2. The zero-order chi connectivity index (χ0) is 9.68. The monoisotopic (exact) mass is 200 g/mol. The predicted octanol–water partition coefficient (Wildman–Crippen LogP) is 0.638. The molecule has 0 aliphatic heterocycles. The zero-order valence-electron chi connectivity index (χ0n) is 7.79. The SMILES string of the molecule is Cc1csc(C(O)CNCCN)c1. The van der Waals surface area contributed by atoms with Crippen LogP contribution in [0.2, 0.25) is 0 Å². The molecule has 0 spiro atoms. The second-order valence-electron chi connectivity index (χ2n) is 3.04. The molecule has 1 atom stereocenters. The first kappa shape index (κ1) is 10.7. The van der Waals surface area contributed by atoms with Crippen molar-refractivity contribution < 1.29 is 5.11 Å². The second-order valence-corrected chi connectivity index (χ2v) is 3.98. The fourth-order valence-electron chi connectivity index (χ4n) is 1.07. The van der Waals surface area contributed by atoms with E-state index in [0.717, 1.165) is 11.4 Å². The van der Waals surface area contributed by atoms with Gasteiger partial charge in [-0.1, -0.05) is 0 Å². The molecule has 0 fully saturated rings. The second kappa shape index (κ2) is 5.34. The molecule has 3 nitrogen and oxygen atoms in total. The van der Waals surface area contributed by atoms with Gasteiger partial charge in [-0.05, 0) is 23.9 Å². The van der Waals surface area contributed by atoms with Crippen LogP contribution in [0.25, 0.3) is 0 Å². The largest absolute Gasteiger partial charge is 0.386 e. The number of nitrogens with two attached hydrogens (primary N) is 1. The molecular weight excluding hydrogens is 184 g/mol. The first-order valence-corrected chi connectivity index (χ1v) is 5.26. The highest BCUT2D eigenvalue weighted by Crippen LogP contribution is 2.20. The molecule has 1 rings (SSSR count). The Balaban J connectivity index is 2.35. The van der Waals surface area contributed by atoms with Gasteiger partial charge < -0.3 is 16.2 Å². The van der Waals surface area contributed by atoms with E-state index in [0.29, 0.717) is 13.1 Å². The van der Waals surface area contributed by atoms with Crippen LogP contribution in [-0.2, 0) is 0 Å². The number of nitrogens with one attached hydrogen (secondary N) is 1. The van der Waals surface area contributed by atoms with Crippen molar-refractivity contribution in [1.82, 2.24) is 5.32 Å². The molecule has 0 aliphatic carbocycles. The van der Waals surface area contributed by atoms with E-state index in [4.69, 9.17) is 5.73 Å². The van der Waals surface area contributed by atoms with Crippen LogP contribution < -0.4 is 11.1 Å². The molecule has 0 bridgehead atoms. The van der Waals surface area contributed by atoms with Crippen molar-refractivity contribution in [2.75, 3.05) is 19.6 Å². The van der Waals surface area contributed by atoms with Gasteiger partial charge in [0.05, 0.1) is 0 Å². The van der Waals surface area contributed by atoms with E-state index >= 15 is 0 Å². The molecule has 4 N–H and O–H groups in total. The molecule has 0 aliphatic rings. The Morgan fingerprint density at radius 2 is 2.46 bits per heavy atom. The van der Waals surface area contributed by atoms with Crippen molar-refractivity contribution in [3.8, 4) is 0 Å². The van der Waals surface area contributed by atoms with Gasteiger partial charge in [-0.2, -0.15) is 0 Å². The van der Waals surface area contributed by atoms with Crippen LogP contribution in [0.4, 0.5) is 0 Å². The van der Waals surface area contributed by atoms with E-state index in [2.05, 4.69) is 5.32 Å². The minimum atomic E-state index is -0.398. The van der Waals surface area contributed by atoms with Crippen molar-refractivity contribution in [2.45, 2.75) is 13.0 Å². The summed E-state index contributed by atoms with van der Waals surface area (Å²) >= 11 is 1.59. The summed E-state index contributed by atoms with van der Waals surface area (Å²) in [5, 5.41) is 14.8. The fourth-order valence-corrected chi connectivity index (χ4v) is 1.95. The maximum Gasteiger partial charge on any atom is 0.101 e. The van der Waals surface area contributed by atoms with Crippen LogP contribution in [0.15, 0.2) is 11.4 Å². The number of aryl methyl sites for hydroxylation is 1. The highest BCUT2D eigenvalue weighted by atomic mass is 32.1. The van der Waals surface area contributed by atoms with Crippen LogP contribution in [0, 0.1) is 6.92 Å². The molecular formula is C9H16N2OS. The summed E-state index contributed by atoms with van der Waals surface area (Å²) in [5.41, 5.74) is 6.52. The third-order valence-corrected chi connectivity index (χ3v) is 2.89. The lowest BCUT2D eigenvalue weighted by molar-refractivity contribution is 0.179. The highest BCUT2D eigenvalue weighted by molar-refractivity contribution is 7.10. The van der Waals surface area contributed by atoms with Crippen molar-refractivity contribution in [3.05, 3.63) is 21.9 Å². The Bertz CT molecular complexity index is 250. The summed E-state index contributed by atoms with van der Waals surface area (Å²) < 4.78 is 0. The first-order valence-electron chi connectivity index (χ1n) is 4.38. The maximum absolute atomic E-state index is 9.67. The fraction of sp³-hybridized carbons (Fsp3) is 0.556. The Hall–Kier alpha value is -0.420. The molecule has 1 unspecified atom stereocenters. The van der Waals surface area contributed by atoms with Gasteiger partial charge in [-0.15, -0.1) is 11.3 Å². The lowest BCUT2D eigenvalue weighted by Crippen LogP contribution is -2.26. The third kappa shape index (κ3) is 3.44. The summed E-state index contributed by atoms with van der Waals surface area (Å²) in [6.45, 7) is 3.97. The summed E-state index contributed by atoms with van der Waals surface area (Å²) in [6.07, 6.45) is -0.398. The van der Waals surface area contributed by atoms with Crippen LogP contribution in [0.3, 0.4) is 0 Å². The number of rotatable bonds is 5. The molecule has 0 aromatic carbocycles.